The second-order valence-corrected chi connectivity index (χ2v) is 5.11. The van der Waals surface area contributed by atoms with Gasteiger partial charge in [-0.2, -0.15) is 0 Å². The SMILES string of the molecule is COC(=O)CC(C(=O)OC)C(=S)N(S)c1ccccc1C. The minimum Gasteiger partial charge on any atom is -0.469 e. The Labute approximate surface area is 134 Å². The lowest BCUT2D eigenvalue weighted by atomic mass is 10.1. The van der Waals surface area contributed by atoms with Gasteiger partial charge in [-0.1, -0.05) is 43.2 Å². The van der Waals surface area contributed by atoms with Crippen molar-refractivity contribution < 1.29 is 19.1 Å². The van der Waals surface area contributed by atoms with E-state index in [1.165, 1.54) is 18.5 Å². The molecule has 1 aromatic rings. The minimum atomic E-state index is -0.922. The van der Waals surface area contributed by atoms with E-state index in [9.17, 15) is 9.59 Å². The number of ether oxygens (including phenoxy) is 2. The van der Waals surface area contributed by atoms with E-state index in [-0.39, 0.29) is 11.4 Å². The van der Waals surface area contributed by atoms with Crippen molar-refractivity contribution >= 4 is 47.6 Å². The molecule has 0 radical (unpaired) electrons. The number of thiol groups is 1. The van der Waals surface area contributed by atoms with Gasteiger partial charge in [-0.05, 0) is 18.6 Å². The molecule has 0 aliphatic carbocycles. The first-order valence-electron chi connectivity index (χ1n) is 6.15. The van der Waals surface area contributed by atoms with Crippen molar-refractivity contribution in [3.05, 3.63) is 29.8 Å². The lowest BCUT2D eigenvalue weighted by Crippen LogP contribution is -2.35. The van der Waals surface area contributed by atoms with Crippen LogP contribution in [0.1, 0.15) is 12.0 Å². The smallest absolute Gasteiger partial charge is 0.316 e. The minimum absolute atomic E-state index is 0.185. The van der Waals surface area contributed by atoms with Crippen molar-refractivity contribution in [2.24, 2.45) is 5.92 Å². The fourth-order valence-electron chi connectivity index (χ4n) is 1.73. The monoisotopic (exact) mass is 327 g/mol. The largest absolute Gasteiger partial charge is 0.469 e. The van der Waals surface area contributed by atoms with E-state index in [0.29, 0.717) is 0 Å². The molecule has 1 atom stereocenters. The van der Waals surface area contributed by atoms with Crippen molar-refractivity contribution in [1.82, 2.24) is 0 Å². The molecule has 0 N–H and O–H groups in total. The summed E-state index contributed by atoms with van der Waals surface area (Å²) in [7, 11) is 2.49. The topological polar surface area (TPSA) is 55.8 Å². The number of hydrogen-bond acceptors (Lipinski definition) is 6. The van der Waals surface area contributed by atoms with E-state index >= 15 is 0 Å². The Hall–Kier alpha value is -1.60. The first-order chi connectivity index (χ1) is 9.92. The molecule has 1 aromatic carbocycles. The summed E-state index contributed by atoms with van der Waals surface area (Å²) in [5.74, 6) is -2.06. The number of anilines is 1. The van der Waals surface area contributed by atoms with Gasteiger partial charge in [0.15, 0.2) is 0 Å². The van der Waals surface area contributed by atoms with Gasteiger partial charge in [0.25, 0.3) is 0 Å². The average Bonchev–Trinajstić information content (AvgIpc) is 2.50. The second kappa shape index (κ2) is 7.99. The fraction of sp³-hybridized carbons (Fsp3) is 0.357. The van der Waals surface area contributed by atoms with E-state index in [2.05, 4.69) is 17.6 Å². The van der Waals surface area contributed by atoms with E-state index in [1.54, 1.807) is 0 Å². The summed E-state index contributed by atoms with van der Waals surface area (Å²) >= 11 is 9.63. The zero-order valence-corrected chi connectivity index (χ0v) is 13.7. The molecule has 5 nitrogen and oxygen atoms in total. The Morgan fingerprint density at radius 2 is 1.90 bits per heavy atom. The van der Waals surface area contributed by atoms with Gasteiger partial charge in [0, 0.05) is 0 Å². The standard InChI is InChI=1S/C14H17NO4S2/c1-9-6-4-5-7-11(9)15(21)13(20)10(14(17)19-3)8-12(16)18-2/h4-7,10,21H,8H2,1-3H3. The van der Waals surface area contributed by atoms with Crippen molar-refractivity contribution in [3.63, 3.8) is 0 Å². The number of benzene rings is 1. The van der Waals surface area contributed by atoms with Crippen LogP contribution in [0.15, 0.2) is 24.3 Å². The maximum atomic E-state index is 11.8. The summed E-state index contributed by atoms with van der Waals surface area (Å²) in [6.07, 6.45) is -0.190. The number of nitrogens with zero attached hydrogens (tertiary/aromatic N) is 1. The molecule has 0 spiro atoms. The van der Waals surface area contributed by atoms with Crippen LogP contribution in [0.4, 0.5) is 5.69 Å². The number of aryl methyl sites for hydroxylation is 1. The van der Waals surface area contributed by atoms with Gasteiger partial charge in [-0.3, -0.25) is 13.9 Å². The van der Waals surface area contributed by atoms with Crippen molar-refractivity contribution in [3.8, 4) is 0 Å². The Kier molecular flexibility index (Phi) is 6.64. The molecule has 0 saturated carbocycles. The van der Waals surface area contributed by atoms with Crippen LogP contribution in [0.3, 0.4) is 0 Å². The van der Waals surface area contributed by atoms with Crippen molar-refractivity contribution in [1.29, 1.82) is 0 Å². The summed E-state index contributed by atoms with van der Waals surface area (Å²) in [6.45, 7) is 1.90. The van der Waals surface area contributed by atoms with Crippen LogP contribution in [0.2, 0.25) is 0 Å². The van der Waals surface area contributed by atoms with Crippen molar-refractivity contribution in [2.45, 2.75) is 13.3 Å². The number of rotatable bonds is 5. The molecule has 114 valence electrons. The molecule has 0 aromatic heterocycles. The zero-order valence-electron chi connectivity index (χ0n) is 12.0. The Bertz CT molecular complexity index is 548. The first kappa shape index (κ1) is 17.5. The zero-order chi connectivity index (χ0) is 16.0. The van der Waals surface area contributed by atoms with Crippen LogP contribution in [0.5, 0.6) is 0 Å². The lowest BCUT2D eigenvalue weighted by molar-refractivity contribution is -0.149. The van der Waals surface area contributed by atoms with E-state index in [0.717, 1.165) is 11.3 Å². The number of methoxy groups -OCH3 is 2. The number of para-hydroxylation sites is 1. The average molecular weight is 327 g/mol. The molecule has 1 unspecified atom stereocenters. The van der Waals surface area contributed by atoms with E-state index in [1.807, 2.05) is 31.2 Å². The van der Waals surface area contributed by atoms with Crippen LogP contribution < -0.4 is 4.31 Å². The highest BCUT2D eigenvalue weighted by atomic mass is 32.1. The third kappa shape index (κ3) is 4.44. The molecule has 0 aliphatic rings. The molecule has 0 amide bonds. The number of thiocarbonyl (C=S) groups is 1. The van der Waals surface area contributed by atoms with Gasteiger partial charge in [0.2, 0.25) is 0 Å². The molecule has 0 aliphatic heterocycles. The number of hydrogen-bond donors (Lipinski definition) is 1. The summed E-state index contributed by atoms with van der Waals surface area (Å²) in [4.78, 5) is 23.5. The number of carbonyl (C=O) groups excluding carboxylic acids is 2. The Morgan fingerprint density at radius 3 is 2.43 bits per heavy atom. The Balaban J connectivity index is 3.02. The molecule has 0 fully saturated rings. The van der Waals surface area contributed by atoms with Crippen LogP contribution in [0, 0.1) is 12.8 Å². The van der Waals surface area contributed by atoms with E-state index in [4.69, 9.17) is 17.0 Å². The highest BCUT2D eigenvalue weighted by Gasteiger charge is 2.31. The van der Waals surface area contributed by atoms with Gasteiger partial charge in [0.05, 0.1) is 26.3 Å². The second-order valence-electron chi connectivity index (χ2n) is 4.29. The summed E-state index contributed by atoms with van der Waals surface area (Å²) in [5.41, 5.74) is 1.68. The third-order valence-electron chi connectivity index (χ3n) is 2.93. The molecule has 21 heavy (non-hydrogen) atoms. The Morgan fingerprint density at radius 1 is 1.29 bits per heavy atom. The molecule has 1 rings (SSSR count). The molecule has 0 saturated heterocycles. The lowest BCUT2D eigenvalue weighted by Gasteiger charge is -2.24. The van der Waals surface area contributed by atoms with E-state index < -0.39 is 17.9 Å². The predicted octanol–water partition coefficient (Wildman–Crippen LogP) is 2.33. The molecule has 0 bridgehead atoms. The number of carbonyl (C=O) groups is 2. The maximum absolute atomic E-state index is 11.8. The summed E-state index contributed by atoms with van der Waals surface area (Å²) in [6, 6.07) is 7.44. The molecular weight excluding hydrogens is 310 g/mol. The molecule has 0 heterocycles. The maximum Gasteiger partial charge on any atom is 0.316 e. The summed E-state index contributed by atoms with van der Waals surface area (Å²) < 4.78 is 10.7. The van der Waals surface area contributed by atoms with Gasteiger partial charge < -0.3 is 9.47 Å². The fourth-order valence-corrected chi connectivity index (χ4v) is 2.37. The predicted molar refractivity (Wildman–Crippen MR) is 87.4 cm³/mol. The van der Waals surface area contributed by atoms with Gasteiger partial charge in [-0.25, -0.2) is 0 Å². The molecular formula is C14H17NO4S2. The first-order valence-corrected chi connectivity index (χ1v) is 6.96. The van der Waals surface area contributed by atoms with Crippen LogP contribution >= 0.6 is 25.0 Å². The highest BCUT2D eigenvalue weighted by molar-refractivity contribution is 7.87. The highest BCUT2D eigenvalue weighted by Crippen LogP contribution is 2.25. The normalized spacial score (nSPS) is 11.4. The van der Waals surface area contributed by atoms with Crippen LogP contribution in [0.25, 0.3) is 0 Å². The molecule has 7 heteroatoms. The quantitative estimate of drug-likeness (QED) is 0.509. The van der Waals surface area contributed by atoms with Gasteiger partial charge in [0.1, 0.15) is 10.9 Å². The third-order valence-corrected chi connectivity index (χ3v) is 3.97. The van der Waals surface area contributed by atoms with Crippen LogP contribution in [-0.2, 0) is 19.1 Å². The van der Waals surface area contributed by atoms with Gasteiger partial charge >= 0.3 is 11.9 Å². The summed E-state index contributed by atoms with van der Waals surface area (Å²) in [5, 5.41) is 0. The van der Waals surface area contributed by atoms with Crippen LogP contribution in [-0.4, -0.2) is 31.1 Å². The number of esters is 2. The van der Waals surface area contributed by atoms with Crippen molar-refractivity contribution in [2.75, 3.05) is 18.5 Å². The van der Waals surface area contributed by atoms with Gasteiger partial charge in [-0.15, -0.1) is 0 Å².